The maximum atomic E-state index is 12.3. The fourth-order valence-electron chi connectivity index (χ4n) is 5.23. The van der Waals surface area contributed by atoms with Crippen molar-refractivity contribution in [1.82, 2.24) is 0 Å². The summed E-state index contributed by atoms with van der Waals surface area (Å²) in [6.07, 6.45) is 0. The van der Waals surface area contributed by atoms with Crippen LogP contribution in [0.25, 0.3) is 22.3 Å². The summed E-state index contributed by atoms with van der Waals surface area (Å²) in [5.74, 6) is 6.25. The molecule has 2 nitrogen and oxygen atoms in total. The fraction of sp³-hybridized carbons (Fsp3) is 0.0500. The maximum absolute atomic E-state index is 12.3. The molecule has 0 aliphatic heterocycles. The van der Waals surface area contributed by atoms with E-state index in [1.807, 2.05) is 146 Å². The average molecular weight is 543 g/mol. The summed E-state index contributed by atoms with van der Waals surface area (Å²) in [5.41, 5.74) is 3.44. The Morgan fingerprint density at radius 3 is 0.833 bits per heavy atom. The van der Waals surface area contributed by atoms with Crippen LogP contribution in [0.3, 0.4) is 0 Å². The van der Waals surface area contributed by atoms with Crippen molar-refractivity contribution in [3.8, 4) is 34.1 Å². The zero-order valence-corrected chi connectivity index (χ0v) is 23.1. The lowest BCUT2D eigenvalue weighted by Crippen LogP contribution is -2.29. The molecule has 2 heteroatoms. The Kier molecular flexibility index (Phi) is 7.54. The number of benzene rings is 6. The van der Waals surface area contributed by atoms with E-state index in [1.165, 1.54) is 0 Å². The Bertz CT molecular complexity index is 1670. The van der Waals surface area contributed by atoms with E-state index in [9.17, 15) is 10.2 Å². The Labute approximate surface area is 247 Å². The Balaban J connectivity index is 1.46. The SMILES string of the molecule is OC(C#CC(O)(c1ccccc1)c1ccc(-c2ccccc2)cc1)(c1ccccc1)c1ccc(-c2ccccc2)cc1. The Morgan fingerprint density at radius 2 is 0.524 bits per heavy atom. The van der Waals surface area contributed by atoms with Gasteiger partial charge in [-0.2, -0.15) is 0 Å². The summed E-state index contributed by atoms with van der Waals surface area (Å²) in [7, 11) is 0. The highest BCUT2D eigenvalue weighted by Crippen LogP contribution is 2.35. The zero-order valence-electron chi connectivity index (χ0n) is 23.1. The zero-order chi connectivity index (χ0) is 28.8. The van der Waals surface area contributed by atoms with E-state index in [0.717, 1.165) is 22.3 Å². The minimum absolute atomic E-state index is 0.621. The molecule has 0 radical (unpaired) electrons. The molecule has 2 atom stereocenters. The van der Waals surface area contributed by atoms with E-state index < -0.39 is 11.2 Å². The molecule has 0 fully saturated rings. The molecule has 6 rings (SSSR count). The third-order valence-corrected chi connectivity index (χ3v) is 7.63. The predicted molar refractivity (Wildman–Crippen MR) is 170 cm³/mol. The fourth-order valence-corrected chi connectivity index (χ4v) is 5.23. The Hall–Kier alpha value is -5.20. The van der Waals surface area contributed by atoms with Gasteiger partial charge in [0.25, 0.3) is 0 Å². The molecule has 2 unspecified atom stereocenters. The van der Waals surface area contributed by atoms with Crippen LogP contribution in [0.5, 0.6) is 0 Å². The highest BCUT2D eigenvalue weighted by atomic mass is 16.3. The van der Waals surface area contributed by atoms with Crippen molar-refractivity contribution in [2.45, 2.75) is 11.2 Å². The molecule has 0 aromatic heterocycles. The molecule has 0 saturated heterocycles. The van der Waals surface area contributed by atoms with Gasteiger partial charge in [-0.1, -0.05) is 182 Å². The molecule has 0 aliphatic rings. The highest BCUT2D eigenvalue weighted by Gasteiger charge is 2.34. The molecular weight excluding hydrogens is 512 g/mol. The van der Waals surface area contributed by atoms with E-state index >= 15 is 0 Å². The van der Waals surface area contributed by atoms with Gasteiger partial charge in [0.15, 0.2) is 11.2 Å². The van der Waals surface area contributed by atoms with Crippen molar-refractivity contribution in [2.75, 3.05) is 0 Å². The third kappa shape index (κ3) is 5.40. The van der Waals surface area contributed by atoms with Crippen molar-refractivity contribution >= 4 is 0 Å². The molecule has 0 bridgehead atoms. The van der Waals surface area contributed by atoms with Gasteiger partial charge in [0.1, 0.15) is 0 Å². The first-order chi connectivity index (χ1) is 20.6. The van der Waals surface area contributed by atoms with Gasteiger partial charge < -0.3 is 10.2 Å². The van der Waals surface area contributed by atoms with Crippen LogP contribution in [0.4, 0.5) is 0 Å². The topological polar surface area (TPSA) is 40.5 Å². The van der Waals surface area contributed by atoms with Crippen LogP contribution in [0.15, 0.2) is 170 Å². The lowest BCUT2D eigenvalue weighted by molar-refractivity contribution is 0.133. The van der Waals surface area contributed by atoms with E-state index in [1.54, 1.807) is 0 Å². The van der Waals surface area contributed by atoms with Gasteiger partial charge in [0.2, 0.25) is 0 Å². The van der Waals surface area contributed by atoms with Crippen molar-refractivity contribution in [3.63, 3.8) is 0 Å². The molecule has 2 N–H and O–H groups in total. The monoisotopic (exact) mass is 542 g/mol. The molecule has 0 spiro atoms. The molecule has 6 aromatic carbocycles. The van der Waals surface area contributed by atoms with Crippen LogP contribution in [-0.2, 0) is 11.2 Å². The van der Waals surface area contributed by atoms with Gasteiger partial charge in [-0.15, -0.1) is 0 Å². The molecule has 6 aromatic rings. The number of aliphatic hydroxyl groups is 2. The van der Waals surface area contributed by atoms with Gasteiger partial charge in [-0.25, -0.2) is 0 Å². The summed E-state index contributed by atoms with van der Waals surface area (Å²) < 4.78 is 0. The first-order valence-electron chi connectivity index (χ1n) is 14.0. The lowest BCUT2D eigenvalue weighted by atomic mass is 9.82. The summed E-state index contributed by atoms with van der Waals surface area (Å²) >= 11 is 0. The second-order valence-electron chi connectivity index (χ2n) is 10.3. The summed E-state index contributed by atoms with van der Waals surface area (Å²) in [4.78, 5) is 0. The number of hydrogen-bond donors (Lipinski definition) is 2. The second-order valence-corrected chi connectivity index (χ2v) is 10.3. The normalized spacial score (nSPS) is 13.7. The predicted octanol–water partition coefficient (Wildman–Crippen LogP) is 8.20. The van der Waals surface area contributed by atoms with Gasteiger partial charge in [0, 0.05) is 22.3 Å². The van der Waals surface area contributed by atoms with Crippen molar-refractivity contribution in [2.24, 2.45) is 0 Å². The van der Waals surface area contributed by atoms with Crippen molar-refractivity contribution < 1.29 is 10.2 Å². The molecule has 202 valence electrons. The van der Waals surface area contributed by atoms with Crippen molar-refractivity contribution in [3.05, 3.63) is 192 Å². The van der Waals surface area contributed by atoms with Crippen LogP contribution in [0.1, 0.15) is 22.3 Å². The smallest absolute Gasteiger partial charge is 0.177 e. The van der Waals surface area contributed by atoms with Crippen LogP contribution < -0.4 is 0 Å². The quantitative estimate of drug-likeness (QED) is 0.208. The van der Waals surface area contributed by atoms with E-state index in [2.05, 4.69) is 36.1 Å². The number of rotatable bonds is 6. The van der Waals surface area contributed by atoms with Crippen LogP contribution in [0, 0.1) is 11.8 Å². The largest absolute Gasteiger partial charge is 0.369 e. The van der Waals surface area contributed by atoms with Gasteiger partial charge >= 0.3 is 0 Å². The minimum atomic E-state index is -1.66. The van der Waals surface area contributed by atoms with Gasteiger partial charge in [0.05, 0.1) is 0 Å². The first-order valence-corrected chi connectivity index (χ1v) is 14.0. The highest BCUT2D eigenvalue weighted by molar-refractivity contribution is 5.66. The third-order valence-electron chi connectivity index (χ3n) is 7.63. The molecular formula is C40H30O2. The molecule has 0 saturated carbocycles. The maximum Gasteiger partial charge on any atom is 0.177 e. The van der Waals surface area contributed by atoms with E-state index in [4.69, 9.17) is 0 Å². The van der Waals surface area contributed by atoms with E-state index in [-0.39, 0.29) is 0 Å². The number of hydrogen-bond acceptors (Lipinski definition) is 2. The molecule has 42 heavy (non-hydrogen) atoms. The van der Waals surface area contributed by atoms with Crippen LogP contribution >= 0.6 is 0 Å². The Morgan fingerprint density at radius 1 is 0.286 bits per heavy atom. The summed E-state index contributed by atoms with van der Waals surface area (Å²) in [6, 6.07) is 54.6. The average Bonchev–Trinajstić information content (AvgIpc) is 3.09. The van der Waals surface area contributed by atoms with Crippen LogP contribution in [0.2, 0.25) is 0 Å². The van der Waals surface area contributed by atoms with Gasteiger partial charge in [-0.3, -0.25) is 0 Å². The second kappa shape index (κ2) is 11.7. The van der Waals surface area contributed by atoms with Crippen molar-refractivity contribution in [1.29, 1.82) is 0 Å². The summed E-state index contributed by atoms with van der Waals surface area (Å²) in [5, 5.41) is 24.6. The van der Waals surface area contributed by atoms with Gasteiger partial charge in [-0.05, 0) is 22.3 Å². The summed E-state index contributed by atoms with van der Waals surface area (Å²) in [6.45, 7) is 0. The minimum Gasteiger partial charge on any atom is -0.369 e. The molecule has 0 amide bonds. The first kappa shape index (κ1) is 27.0. The molecule has 0 heterocycles. The molecule has 0 aliphatic carbocycles. The standard InChI is InChI=1S/C40H30O2/c41-39(35-17-9-3-10-18-35,37-25-21-33(22-26-37)31-13-5-1-6-14-31)29-30-40(42,36-19-11-4-12-20-36)38-27-23-34(24-28-38)32-15-7-2-8-16-32/h1-28,41-42H. The lowest BCUT2D eigenvalue weighted by Gasteiger charge is -2.27. The van der Waals surface area contributed by atoms with Crippen LogP contribution in [-0.4, -0.2) is 10.2 Å². The van der Waals surface area contributed by atoms with E-state index in [0.29, 0.717) is 22.3 Å².